The summed E-state index contributed by atoms with van der Waals surface area (Å²) >= 11 is 0. The van der Waals surface area contributed by atoms with E-state index >= 15 is 0 Å². The molecule has 11 heteroatoms. The van der Waals surface area contributed by atoms with Crippen LogP contribution < -0.4 is 0 Å². The molecule has 0 saturated carbocycles. The number of hydrogen-bond acceptors (Lipinski definition) is 11. The van der Waals surface area contributed by atoms with Gasteiger partial charge in [-0.3, -0.25) is 4.74 Å². The van der Waals surface area contributed by atoms with E-state index in [-0.39, 0.29) is 0 Å². The largest absolute Gasteiger partial charge is 0.394 e. The third-order valence-electron chi connectivity index (χ3n) is 3.67. The van der Waals surface area contributed by atoms with Crippen LogP contribution in [-0.2, 0) is 14.2 Å². The molecule has 2 saturated heterocycles. The first-order valence-corrected chi connectivity index (χ1v) is 6.60. The van der Waals surface area contributed by atoms with Crippen LogP contribution in [0.4, 0.5) is 0 Å². The summed E-state index contributed by atoms with van der Waals surface area (Å²) in [7, 11) is 0. The van der Waals surface area contributed by atoms with Crippen molar-refractivity contribution in [2.45, 2.75) is 55.0 Å². The Kier molecular flexibility index (Phi) is 5.36. The molecule has 9 atom stereocenters. The highest BCUT2D eigenvalue weighted by Crippen LogP contribution is 2.32. The number of rotatable bonds is 3. The molecule has 2 aliphatic heterocycles. The lowest BCUT2D eigenvalue weighted by Crippen LogP contribution is -2.68. The lowest BCUT2D eigenvalue weighted by Gasteiger charge is -2.47. The molecule has 2 fully saturated rings. The van der Waals surface area contributed by atoms with Crippen molar-refractivity contribution in [3.05, 3.63) is 0 Å². The second-order valence-electron chi connectivity index (χ2n) is 5.26. The maximum atomic E-state index is 10.1. The van der Waals surface area contributed by atoms with E-state index in [1.165, 1.54) is 0 Å². The van der Waals surface area contributed by atoms with Gasteiger partial charge in [0, 0.05) is 0 Å². The van der Waals surface area contributed by atoms with Crippen LogP contribution in [0.15, 0.2) is 0 Å². The fourth-order valence-corrected chi connectivity index (χ4v) is 2.27. The molecule has 0 aromatic carbocycles. The quantitative estimate of drug-likeness (QED) is 0.231. The Morgan fingerprint density at radius 3 is 2.18 bits per heavy atom. The van der Waals surface area contributed by atoms with Gasteiger partial charge in [-0.1, -0.05) is 0 Å². The van der Waals surface area contributed by atoms with E-state index < -0.39 is 68.2 Å². The van der Waals surface area contributed by atoms with Gasteiger partial charge in [0.15, 0.2) is 12.4 Å². The maximum absolute atomic E-state index is 10.1. The average molecular weight is 328 g/mol. The average Bonchev–Trinajstić information content (AvgIpc) is 2.50. The van der Waals surface area contributed by atoms with Gasteiger partial charge in [0.1, 0.15) is 36.6 Å². The molecule has 0 amide bonds. The maximum Gasteiger partial charge on any atom is 0.313 e. The smallest absolute Gasteiger partial charge is 0.313 e. The number of aliphatic hydroxyl groups excluding tert-OH is 7. The molecule has 2 unspecified atom stereocenters. The zero-order chi connectivity index (χ0) is 16.7. The Morgan fingerprint density at radius 1 is 0.955 bits per heavy atom. The van der Waals surface area contributed by atoms with Crippen molar-refractivity contribution in [3.8, 4) is 0 Å². The highest BCUT2D eigenvalue weighted by molar-refractivity contribution is 4.93. The van der Waals surface area contributed by atoms with Crippen LogP contribution in [0.1, 0.15) is 0 Å². The van der Waals surface area contributed by atoms with Gasteiger partial charge in [0.2, 0.25) is 0 Å². The molecule has 0 aliphatic carbocycles. The van der Waals surface area contributed by atoms with Crippen LogP contribution in [0.5, 0.6) is 0 Å². The van der Waals surface area contributed by atoms with E-state index in [0.29, 0.717) is 0 Å². The van der Waals surface area contributed by atoms with Gasteiger partial charge in [0.25, 0.3) is 0 Å². The summed E-state index contributed by atoms with van der Waals surface area (Å²) in [5, 5.41) is 76.7. The Bertz CT molecular complexity index is 379. The summed E-state index contributed by atoms with van der Waals surface area (Å²) in [6.45, 7) is -1.23. The van der Waals surface area contributed by atoms with Gasteiger partial charge in [-0.2, -0.15) is 0 Å². The van der Waals surface area contributed by atoms with Crippen LogP contribution in [0.3, 0.4) is 0 Å². The molecule has 22 heavy (non-hydrogen) atoms. The standard InChI is InChI=1S/C11H20O11/c12-1-4-6(15)7(16)9(18)11(19,21-4)22-10-8(17)5(14)3(13)2-20-10/h3-10,12-19H,1-2H2/t3-,4+,5-,6+,7-,8+,9-,10?,11?/m0/s1. The topological polar surface area (TPSA) is 190 Å². The third-order valence-corrected chi connectivity index (χ3v) is 3.67. The van der Waals surface area contributed by atoms with Crippen molar-refractivity contribution in [3.63, 3.8) is 0 Å². The summed E-state index contributed by atoms with van der Waals surface area (Å²) in [6, 6.07) is 0. The Balaban J connectivity index is 2.12. The first-order valence-electron chi connectivity index (χ1n) is 6.60. The molecule has 8 N–H and O–H groups in total. The van der Waals surface area contributed by atoms with Crippen molar-refractivity contribution in [1.82, 2.24) is 0 Å². The molecule has 0 radical (unpaired) electrons. The number of ether oxygens (including phenoxy) is 3. The van der Waals surface area contributed by atoms with Crippen molar-refractivity contribution >= 4 is 0 Å². The molecular formula is C11H20O11. The van der Waals surface area contributed by atoms with Crippen molar-refractivity contribution < 1.29 is 55.1 Å². The predicted octanol–water partition coefficient (Wildman–Crippen LogP) is -5.44. The van der Waals surface area contributed by atoms with E-state index in [0.717, 1.165) is 0 Å². The molecule has 0 aromatic heterocycles. The zero-order valence-electron chi connectivity index (χ0n) is 11.3. The molecule has 2 heterocycles. The molecule has 0 aromatic rings. The van der Waals surface area contributed by atoms with Crippen LogP contribution in [-0.4, -0.2) is 109 Å². The minimum atomic E-state index is -2.92. The molecule has 2 rings (SSSR count). The lowest BCUT2D eigenvalue weighted by molar-refractivity contribution is -0.485. The van der Waals surface area contributed by atoms with Crippen LogP contribution in [0, 0.1) is 0 Å². The van der Waals surface area contributed by atoms with E-state index in [1.807, 2.05) is 0 Å². The van der Waals surface area contributed by atoms with E-state index in [1.54, 1.807) is 0 Å². The third kappa shape index (κ3) is 3.11. The van der Waals surface area contributed by atoms with Crippen molar-refractivity contribution in [2.75, 3.05) is 13.2 Å². The van der Waals surface area contributed by atoms with Crippen LogP contribution in [0.2, 0.25) is 0 Å². The molecule has 130 valence electrons. The monoisotopic (exact) mass is 328 g/mol. The predicted molar refractivity (Wildman–Crippen MR) is 63.8 cm³/mol. The number of hydrogen-bond donors (Lipinski definition) is 8. The van der Waals surface area contributed by atoms with Gasteiger partial charge < -0.3 is 50.3 Å². The zero-order valence-corrected chi connectivity index (χ0v) is 11.3. The first-order chi connectivity index (χ1) is 10.2. The van der Waals surface area contributed by atoms with Gasteiger partial charge >= 0.3 is 5.97 Å². The summed E-state index contributed by atoms with van der Waals surface area (Å²) in [5.74, 6) is -2.92. The Morgan fingerprint density at radius 2 is 1.59 bits per heavy atom. The van der Waals surface area contributed by atoms with Gasteiger partial charge in [-0.15, -0.1) is 0 Å². The molecule has 0 bridgehead atoms. The normalized spacial score (nSPS) is 53.5. The molecule has 2 aliphatic rings. The summed E-state index contributed by atoms with van der Waals surface area (Å²) in [5.41, 5.74) is 0. The highest BCUT2D eigenvalue weighted by Gasteiger charge is 2.56. The van der Waals surface area contributed by atoms with Crippen molar-refractivity contribution in [1.29, 1.82) is 0 Å². The number of aliphatic hydroxyl groups is 8. The van der Waals surface area contributed by atoms with Gasteiger partial charge in [-0.05, 0) is 0 Å². The van der Waals surface area contributed by atoms with E-state index in [4.69, 9.17) is 19.3 Å². The minimum Gasteiger partial charge on any atom is -0.394 e. The fourth-order valence-electron chi connectivity index (χ4n) is 2.27. The highest BCUT2D eigenvalue weighted by atomic mass is 16.9. The van der Waals surface area contributed by atoms with Crippen molar-refractivity contribution in [2.24, 2.45) is 0 Å². The fraction of sp³-hybridized carbons (Fsp3) is 1.00. The Hall–Kier alpha value is -0.440. The minimum absolute atomic E-state index is 0.427. The molecule has 11 nitrogen and oxygen atoms in total. The molecular weight excluding hydrogens is 308 g/mol. The first kappa shape index (κ1) is 17.9. The Labute approximate surface area is 124 Å². The van der Waals surface area contributed by atoms with Crippen LogP contribution in [0.25, 0.3) is 0 Å². The van der Waals surface area contributed by atoms with E-state index in [2.05, 4.69) is 0 Å². The van der Waals surface area contributed by atoms with Gasteiger partial charge in [-0.25, -0.2) is 0 Å². The summed E-state index contributed by atoms with van der Waals surface area (Å²) < 4.78 is 14.6. The SMILES string of the molecule is OC[C@H]1OC(O)(OC2OC[C@H](O)[C@H](O)[C@H]2O)[C@@H](O)[C@@H](O)[C@@H]1O. The van der Waals surface area contributed by atoms with Gasteiger partial charge in [0.05, 0.1) is 13.2 Å². The second kappa shape index (κ2) is 6.59. The summed E-state index contributed by atoms with van der Waals surface area (Å²) in [6.07, 6.45) is -13.7. The van der Waals surface area contributed by atoms with E-state index in [9.17, 15) is 35.7 Å². The second-order valence-corrected chi connectivity index (χ2v) is 5.26. The summed E-state index contributed by atoms with van der Waals surface area (Å²) in [4.78, 5) is 0. The molecule has 0 spiro atoms. The van der Waals surface area contributed by atoms with Crippen LogP contribution >= 0.6 is 0 Å². The lowest BCUT2D eigenvalue weighted by atomic mass is 9.97.